The van der Waals surface area contributed by atoms with E-state index in [-0.39, 0.29) is 30.4 Å². The number of hydrogen-bond donors (Lipinski definition) is 1. The number of carbonyl (C=O) groups excluding carboxylic acids is 2. The number of unbranched alkanes of at least 4 members (excludes halogenated alkanes) is 1. The fourth-order valence-corrected chi connectivity index (χ4v) is 4.28. The molecule has 2 aromatic carbocycles. The van der Waals surface area contributed by atoms with E-state index in [2.05, 4.69) is 31.3 Å². The molecule has 1 N–H and O–H groups in total. The van der Waals surface area contributed by atoms with Crippen molar-refractivity contribution < 1.29 is 19.1 Å². The normalized spacial score (nSPS) is 19.7. The molecule has 158 valence electrons. The first-order valence-corrected chi connectivity index (χ1v) is 10.6. The summed E-state index contributed by atoms with van der Waals surface area (Å²) in [5, 5.41) is 3.06. The number of carbonyl (C=O) groups is 2. The van der Waals surface area contributed by atoms with Crippen LogP contribution in [0, 0.1) is 12.8 Å². The number of fused-ring (bicyclic) bond motifs is 1. The number of benzene rings is 2. The van der Waals surface area contributed by atoms with E-state index in [9.17, 15) is 9.59 Å². The highest BCUT2D eigenvalue weighted by molar-refractivity contribution is 5.96. The molecule has 0 saturated carbocycles. The van der Waals surface area contributed by atoms with Crippen molar-refractivity contribution in [2.24, 2.45) is 5.92 Å². The van der Waals surface area contributed by atoms with E-state index in [0.29, 0.717) is 36.7 Å². The van der Waals surface area contributed by atoms with Gasteiger partial charge in [-0.1, -0.05) is 37.6 Å². The van der Waals surface area contributed by atoms with Crippen LogP contribution in [0.4, 0.5) is 0 Å². The average Bonchev–Trinajstić information content (AvgIpc) is 3.40. The minimum atomic E-state index is -0.263. The summed E-state index contributed by atoms with van der Waals surface area (Å²) in [5.74, 6) is 0.892. The van der Waals surface area contributed by atoms with Gasteiger partial charge in [0, 0.05) is 31.1 Å². The molecule has 2 unspecified atom stereocenters. The maximum atomic E-state index is 13.2. The molecule has 30 heavy (non-hydrogen) atoms. The van der Waals surface area contributed by atoms with Crippen LogP contribution in [-0.2, 0) is 4.79 Å². The van der Waals surface area contributed by atoms with Crippen LogP contribution < -0.4 is 14.8 Å². The number of likely N-dealkylation sites (tertiary alicyclic amines) is 1. The Labute approximate surface area is 177 Å². The highest BCUT2D eigenvalue weighted by Crippen LogP contribution is 2.37. The van der Waals surface area contributed by atoms with E-state index in [0.717, 1.165) is 24.0 Å². The second kappa shape index (κ2) is 8.78. The van der Waals surface area contributed by atoms with Crippen molar-refractivity contribution in [2.45, 2.75) is 32.6 Å². The quantitative estimate of drug-likeness (QED) is 0.743. The molecule has 6 heteroatoms. The zero-order valence-corrected chi connectivity index (χ0v) is 17.5. The Hall–Kier alpha value is -3.02. The Balaban J connectivity index is 1.57. The molecule has 1 saturated heterocycles. The lowest BCUT2D eigenvalue weighted by molar-refractivity contribution is -0.124. The first-order chi connectivity index (χ1) is 14.6. The summed E-state index contributed by atoms with van der Waals surface area (Å²) >= 11 is 0. The summed E-state index contributed by atoms with van der Waals surface area (Å²) in [6.45, 7) is 5.93. The first-order valence-electron chi connectivity index (χ1n) is 10.6. The average molecular weight is 408 g/mol. The van der Waals surface area contributed by atoms with Gasteiger partial charge in [0.05, 0.1) is 5.92 Å². The number of hydrogen-bond acceptors (Lipinski definition) is 4. The van der Waals surface area contributed by atoms with Gasteiger partial charge in [0.15, 0.2) is 11.5 Å². The Kier molecular flexibility index (Phi) is 5.93. The van der Waals surface area contributed by atoms with Crippen LogP contribution in [0.3, 0.4) is 0 Å². The van der Waals surface area contributed by atoms with E-state index in [4.69, 9.17) is 9.47 Å². The minimum Gasteiger partial charge on any atom is -0.454 e. The minimum absolute atomic E-state index is 0.0224. The fourth-order valence-electron chi connectivity index (χ4n) is 4.28. The van der Waals surface area contributed by atoms with Crippen molar-refractivity contribution in [3.63, 3.8) is 0 Å². The molecule has 2 aliphatic heterocycles. The summed E-state index contributed by atoms with van der Waals surface area (Å²) < 4.78 is 10.8. The lowest BCUT2D eigenvalue weighted by Gasteiger charge is -2.20. The highest BCUT2D eigenvalue weighted by Gasteiger charge is 2.41. The zero-order chi connectivity index (χ0) is 21.1. The molecule has 2 amide bonds. The lowest BCUT2D eigenvalue weighted by Crippen LogP contribution is -2.36. The van der Waals surface area contributed by atoms with Crippen molar-refractivity contribution in [1.82, 2.24) is 10.2 Å². The molecule has 0 aliphatic carbocycles. The largest absolute Gasteiger partial charge is 0.454 e. The molecule has 2 atom stereocenters. The van der Waals surface area contributed by atoms with Crippen LogP contribution in [0.5, 0.6) is 11.5 Å². The van der Waals surface area contributed by atoms with E-state index in [1.165, 1.54) is 0 Å². The van der Waals surface area contributed by atoms with E-state index in [1.807, 2.05) is 12.1 Å². The van der Waals surface area contributed by atoms with Crippen LogP contribution in [0.15, 0.2) is 42.5 Å². The summed E-state index contributed by atoms with van der Waals surface area (Å²) in [6.07, 6.45) is 1.98. The molecule has 1 fully saturated rings. The van der Waals surface area contributed by atoms with E-state index in [1.54, 1.807) is 23.1 Å². The Bertz CT molecular complexity index is 943. The van der Waals surface area contributed by atoms with Crippen LogP contribution in [0.1, 0.15) is 47.2 Å². The third-order valence-corrected chi connectivity index (χ3v) is 5.98. The smallest absolute Gasteiger partial charge is 0.254 e. The van der Waals surface area contributed by atoms with Crippen LogP contribution in [0.2, 0.25) is 0 Å². The Morgan fingerprint density at radius 3 is 2.70 bits per heavy atom. The van der Waals surface area contributed by atoms with Crippen molar-refractivity contribution >= 4 is 11.8 Å². The van der Waals surface area contributed by atoms with Crippen molar-refractivity contribution in [1.29, 1.82) is 0 Å². The van der Waals surface area contributed by atoms with Gasteiger partial charge in [0.2, 0.25) is 12.7 Å². The maximum absolute atomic E-state index is 13.2. The van der Waals surface area contributed by atoms with Gasteiger partial charge in [0.25, 0.3) is 5.91 Å². The highest BCUT2D eigenvalue weighted by atomic mass is 16.7. The molecule has 2 aliphatic rings. The van der Waals surface area contributed by atoms with Gasteiger partial charge >= 0.3 is 0 Å². The zero-order valence-electron chi connectivity index (χ0n) is 17.5. The summed E-state index contributed by atoms with van der Waals surface area (Å²) in [6, 6.07) is 13.4. The molecule has 6 nitrogen and oxygen atoms in total. The number of ether oxygens (including phenoxy) is 2. The van der Waals surface area contributed by atoms with Gasteiger partial charge in [-0.25, -0.2) is 0 Å². The third-order valence-electron chi connectivity index (χ3n) is 5.98. The van der Waals surface area contributed by atoms with Crippen LogP contribution >= 0.6 is 0 Å². The Morgan fingerprint density at radius 2 is 1.90 bits per heavy atom. The molecular formula is C24H28N2O4. The maximum Gasteiger partial charge on any atom is 0.254 e. The second-order valence-electron chi connectivity index (χ2n) is 7.99. The predicted molar refractivity (Wildman–Crippen MR) is 114 cm³/mol. The monoisotopic (exact) mass is 408 g/mol. The predicted octanol–water partition coefficient (Wildman–Crippen LogP) is 3.50. The van der Waals surface area contributed by atoms with Gasteiger partial charge in [-0.3, -0.25) is 9.59 Å². The topological polar surface area (TPSA) is 67.9 Å². The van der Waals surface area contributed by atoms with E-state index < -0.39 is 0 Å². The summed E-state index contributed by atoms with van der Waals surface area (Å²) in [7, 11) is 0. The molecule has 2 aromatic rings. The lowest BCUT2D eigenvalue weighted by atomic mass is 9.86. The van der Waals surface area contributed by atoms with Gasteiger partial charge in [-0.15, -0.1) is 0 Å². The molecule has 2 heterocycles. The van der Waals surface area contributed by atoms with Crippen LogP contribution in [0.25, 0.3) is 0 Å². The fraction of sp³-hybridized carbons (Fsp3) is 0.417. The van der Waals surface area contributed by atoms with Gasteiger partial charge in [-0.2, -0.15) is 0 Å². The van der Waals surface area contributed by atoms with Crippen molar-refractivity contribution in [3.8, 4) is 11.5 Å². The number of amides is 2. The standard InChI is InChI=1S/C24H28N2O4/c1-3-4-11-25-23(27)20-14-26(13-19(20)18-8-6-5-7-16(18)2)24(28)17-9-10-21-22(12-17)30-15-29-21/h5-10,12,19-20H,3-4,11,13-15H2,1-2H3,(H,25,27). The number of aryl methyl sites for hydroxylation is 1. The first kappa shape index (κ1) is 20.3. The molecule has 0 bridgehead atoms. The van der Waals surface area contributed by atoms with Crippen molar-refractivity contribution in [3.05, 3.63) is 59.2 Å². The SMILES string of the molecule is CCCCNC(=O)C1CN(C(=O)c2ccc3c(c2)OCO3)CC1c1ccccc1C. The Morgan fingerprint density at radius 1 is 1.10 bits per heavy atom. The molecule has 0 spiro atoms. The van der Waals surface area contributed by atoms with Gasteiger partial charge < -0.3 is 19.7 Å². The van der Waals surface area contributed by atoms with Gasteiger partial charge in [0.1, 0.15) is 0 Å². The number of rotatable bonds is 6. The molecule has 4 rings (SSSR count). The summed E-state index contributed by atoms with van der Waals surface area (Å²) in [5.41, 5.74) is 2.83. The third kappa shape index (κ3) is 3.99. The molecular weight excluding hydrogens is 380 g/mol. The van der Waals surface area contributed by atoms with Gasteiger partial charge in [-0.05, 0) is 42.7 Å². The second-order valence-corrected chi connectivity index (χ2v) is 7.99. The molecule has 0 radical (unpaired) electrons. The number of nitrogens with one attached hydrogen (secondary N) is 1. The van der Waals surface area contributed by atoms with Crippen molar-refractivity contribution in [2.75, 3.05) is 26.4 Å². The van der Waals surface area contributed by atoms with Crippen LogP contribution in [-0.4, -0.2) is 43.1 Å². The summed E-state index contributed by atoms with van der Waals surface area (Å²) in [4.78, 5) is 28.0. The number of nitrogens with zero attached hydrogens (tertiary/aromatic N) is 1. The van der Waals surface area contributed by atoms with E-state index >= 15 is 0 Å². The molecule has 0 aromatic heterocycles.